The second kappa shape index (κ2) is 15.3. The van der Waals surface area contributed by atoms with E-state index in [9.17, 15) is 18.0 Å². The van der Waals surface area contributed by atoms with E-state index in [0.29, 0.717) is 80.8 Å². The van der Waals surface area contributed by atoms with E-state index in [4.69, 9.17) is 21.2 Å². The van der Waals surface area contributed by atoms with E-state index in [-0.39, 0.29) is 55.0 Å². The van der Waals surface area contributed by atoms with Crippen molar-refractivity contribution >= 4 is 82.7 Å². The van der Waals surface area contributed by atoms with Crippen molar-refractivity contribution in [3.05, 3.63) is 24.3 Å². The first-order valence-corrected chi connectivity index (χ1v) is 15.7. The van der Waals surface area contributed by atoms with Gasteiger partial charge in [0.05, 0.1) is 6.26 Å². The van der Waals surface area contributed by atoms with E-state index in [1.807, 2.05) is 4.90 Å². The smallest absolute Gasteiger partial charge is 0.409 e. The number of nitrogens with zero attached hydrogens (tertiary/aromatic N) is 6. The molecule has 0 saturated carbocycles. The number of piperidine rings is 1. The number of carboxylic acid groups (broad SMARTS) is 1. The van der Waals surface area contributed by atoms with Crippen molar-refractivity contribution in [3.8, 4) is 11.3 Å². The number of nitrogens with one attached hydrogen (secondary N) is 2. The number of anilines is 3. The lowest BCUT2D eigenvalue weighted by atomic mass is 9.95. The van der Waals surface area contributed by atoms with Gasteiger partial charge in [0.2, 0.25) is 21.9 Å². The van der Waals surface area contributed by atoms with E-state index >= 15 is 0 Å². The van der Waals surface area contributed by atoms with Crippen LogP contribution in [0.2, 0.25) is 0 Å². The van der Waals surface area contributed by atoms with Gasteiger partial charge in [-0.15, -0.1) is 37.2 Å². The summed E-state index contributed by atoms with van der Waals surface area (Å²) in [6.45, 7) is 4.03. The monoisotopic (exact) mass is 695 g/mol. The lowest BCUT2D eigenvalue weighted by Crippen LogP contribution is -2.48. The zero-order valence-electron chi connectivity index (χ0n) is 24.3. The second-order valence-corrected chi connectivity index (χ2v) is 12.7. The van der Waals surface area contributed by atoms with Crippen LogP contribution in [0.15, 0.2) is 24.3 Å². The molecule has 2 aromatic rings. The van der Waals surface area contributed by atoms with Crippen molar-refractivity contribution in [2.45, 2.75) is 25.7 Å². The van der Waals surface area contributed by atoms with Gasteiger partial charge >= 0.3 is 6.09 Å². The summed E-state index contributed by atoms with van der Waals surface area (Å²) >= 11 is 0. The molecule has 3 aliphatic heterocycles. The van der Waals surface area contributed by atoms with E-state index < -0.39 is 16.1 Å². The fourth-order valence-corrected chi connectivity index (χ4v) is 6.66. The number of piperazine rings is 1. The van der Waals surface area contributed by atoms with Crippen LogP contribution in [0.5, 0.6) is 0 Å². The van der Waals surface area contributed by atoms with Crippen LogP contribution in [0, 0.1) is 11.3 Å². The van der Waals surface area contributed by atoms with Crippen molar-refractivity contribution in [1.29, 1.82) is 5.41 Å². The number of carbonyl (C=O) groups is 2. The first-order valence-electron chi connectivity index (χ1n) is 13.8. The number of nitrogens with two attached hydrogens (primary N) is 1. The number of sulfonamides is 1. The van der Waals surface area contributed by atoms with Gasteiger partial charge in [0, 0.05) is 69.5 Å². The Morgan fingerprint density at radius 3 is 2.00 bits per heavy atom. The molecule has 0 atom stereocenters. The van der Waals surface area contributed by atoms with Crippen molar-refractivity contribution in [1.82, 2.24) is 18.8 Å². The zero-order valence-corrected chi connectivity index (χ0v) is 27.6. The molecule has 5 N–H and O–H groups in total. The summed E-state index contributed by atoms with van der Waals surface area (Å²) in [5.41, 5.74) is 7.40. The second-order valence-electron chi connectivity index (χ2n) is 10.8. The molecule has 246 valence electrons. The molecule has 0 spiro atoms. The number of amides is 1. The quantitative estimate of drug-likeness (QED) is 0.259. The first-order chi connectivity index (χ1) is 19.5. The predicted octanol–water partition coefficient (Wildman–Crippen LogP) is 2.83. The summed E-state index contributed by atoms with van der Waals surface area (Å²) in [6, 6.07) is 6.85. The van der Waals surface area contributed by atoms with Gasteiger partial charge in [0.25, 0.3) is 0 Å². The number of rotatable bonds is 6. The Morgan fingerprint density at radius 2 is 1.50 bits per heavy atom. The first kappa shape index (κ1) is 37.2. The Balaban J connectivity index is 0.00000225. The third-order valence-corrected chi connectivity index (χ3v) is 9.36. The Bertz CT molecular complexity index is 1420. The highest BCUT2D eigenvalue weighted by molar-refractivity contribution is 7.88. The van der Waals surface area contributed by atoms with E-state index in [1.54, 1.807) is 33.7 Å². The molecule has 0 aliphatic carbocycles. The summed E-state index contributed by atoms with van der Waals surface area (Å²) in [5.74, 6) is 0.815. The maximum absolute atomic E-state index is 14.3. The lowest BCUT2D eigenvalue weighted by molar-refractivity contribution is 0.0787. The molecule has 5 rings (SSSR count). The maximum atomic E-state index is 14.3. The molecule has 3 aliphatic rings. The third kappa shape index (κ3) is 7.99. The van der Waals surface area contributed by atoms with Gasteiger partial charge in [0.15, 0.2) is 11.8 Å². The van der Waals surface area contributed by atoms with E-state index in [0.717, 1.165) is 25.9 Å². The molecule has 3 saturated heterocycles. The van der Waals surface area contributed by atoms with Crippen molar-refractivity contribution in [3.63, 3.8) is 0 Å². The summed E-state index contributed by atoms with van der Waals surface area (Å²) in [4.78, 5) is 36.5. The number of aromatic nitrogens is 2. The van der Waals surface area contributed by atoms with Gasteiger partial charge in [-0.05, 0) is 37.8 Å². The number of likely N-dealkylation sites (tertiary alicyclic amines) is 1. The largest absolute Gasteiger partial charge is 0.465 e. The van der Waals surface area contributed by atoms with Crippen LogP contribution in [0.25, 0.3) is 11.3 Å². The molecule has 44 heavy (non-hydrogen) atoms. The molecule has 1 aromatic heterocycles. The molecule has 1 amide bonds. The van der Waals surface area contributed by atoms with Crippen LogP contribution in [0.3, 0.4) is 0 Å². The van der Waals surface area contributed by atoms with Gasteiger partial charge in [-0.3, -0.25) is 15.5 Å². The SMILES string of the molecule is CS(=O)(=O)N1CCN(c2nc(N3CCCC3)n(C(=O)C3CCN(C(=N)N)CC3)c2-c2ccc(NC(=O)O)cc2)CC1.Cl.Cl.Cl. The average molecular weight is 697 g/mol. The number of hydrogen-bond donors (Lipinski definition) is 4. The molecule has 3 fully saturated rings. The van der Waals surface area contributed by atoms with E-state index in [1.165, 1.54) is 10.6 Å². The average Bonchev–Trinajstić information content (AvgIpc) is 3.61. The van der Waals surface area contributed by atoms with Gasteiger partial charge < -0.3 is 25.5 Å². The van der Waals surface area contributed by atoms with Crippen molar-refractivity contribution < 1.29 is 23.1 Å². The Morgan fingerprint density at radius 1 is 0.932 bits per heavy atom. The number of carbonyl (C=O) groups excluding carboxylic acids is 1. The minimum absolute atomic E-state index is 0. The number of imidazole rings is 1. The topological polar surface area (TPSA) is 181 Å². The highest BCUT2D eigenvalue weighted by Gasteiger charge is 2.36. The van der Waals surface area contributed by atoms with Gasteiger partial charge in [-0.2, -0.15) is 9.29 Å². The Kier molecular flexibility index (Phi) is 13.0. The minimum atomic E-state index is -3.33. The van der Waals surface area contributed by atoms with Gasteiger partial charge in [-0.1, -0.05) is 12.1 Å². The van der Waals surface area contributed by atoms with Crippen molar-refractivity contribution in [2.24, 2.45) is 11.7 Å². The molecular weight excluding hydrogens is 657 g/mol. The summed E-state index contributed by atoms with van der Waals surface area (Å²) in [5, 5.41) is 19.2. The van der Waals surface area contributed by atoms with E-state index in [2.05, 4.69) is 10.2 Å². The lowest BCUT2D eigenvalue weighted by Gasteiger charge is -2.34. The summed E-state index contributed by atoms with van der Waals surface area (Å²) in [6.07, 6.45) is 3.13. The molecule has 0 radical (unpaired) electrons. The normalized spacial score (nSPS) is 17.7. The number of guanidine groups is 1. The predicted molar refractivity (Wildman–Crippen MR) is 178 cm³/mol. The standard InChI is InChI=1S/C26H37N9O5S.3ClH/c1-41(39,40)34-16-14-31(15-17-34)22-21(18-4-6-20(7-5-18)29-26(37)38)35(25(30-22)33-10-2-3-11-33)23(36)19-8-12-32(13-9-19)24(27)28;;;/h4-7,19,29H,2-3,8-17H2,1H3,(H3,27,28)(H,37,38);3*1H. The molecule has 0 unspecified atom stereocenters. The highest BCUT2D eigenvalue weighted by atomic mass is 35.5. The third-order valence-electron chi connectivity index (χ3n) is 8.05. The number of hydrogen-bond acceptors (Lipinski definition) is 8. The van der Waals surface area contributed by atoms with Crippen LogP contribution in [-0.4, -0.2) is 109 Å². The molecule has 14 nitrogen and oxygen atoms in total. The van der Waals surface area contributed by atoms with Crippen LogP contribution < -0.4 is 20.9 Å². The number of halogens is 3. The van der Waals surface area contributed by atoms with Crippen LogP contribution in [0.4, 0.5) is 22.2 Å². The molecule has 4 heterocycles. The van der Waals surface area contributed by atoms with Gasteiger partial charge in [0.1, 0.15) is 5.69 Å². The zero-order chi connectivity index (χ0) is 29.3. The number of benzene rings is 1. The maximum Gasteiger partial charge on any atom is 0.409 e. The van der Waals surface area contributed by atoms with Crippen molar-refractivity contribution in [2.75, 3.05) is 73.7 Å². The minimum Gasteiger partial charge on any atom is -0.465 e. The summed E-state index contributed by atoms with van der Waals surface area (Å²) in [7, 11) is -3.33. The summed E-state index contributed by atoms with van der Waals surface area (Å²) < 4.78 is 27.5. The fourth-order valence-electron chi connectivity index (χ4n) is 5.83. The van der Waals surface area contributed by atoms with Crippen LogP contribution in [-0.2, 0) is 10.0 Å². The molecule has 1 aromatic carbocycles. The fraction of sp³-hybridized carbons (Fsp3) is 0.538. The molecule has 0 bridgehead atoms. The Labute approximate surface area is 275 Å². The highest BCUT2D eigenvalue weighted by Crippen LogP contribution is 2.38. The van der Waals surface area contributed by atoms with Gasteiger partial charge in [-0.25, -0.2) is 17.8 Å². The van der Waals surface area contributed by atoms with Crippen LogP contribution in [0.1, 0.15) is 30.5 Å². The molecular formula is C26H40Cl3N9O5S. The Hall–Kier alpha value is -2.98. The molecule has 18 heteroatoms. The van der Waals surface area contributed by atoms with Crippen LogP contribution >= 0.6 is 37.2 Å².